The Morgan fingerprint density at radius 2 is 1.63 bits per heavy atom. The van der Waals surface area contributed by atoms with Gasteiger partial charge in [-0.05, 0) is 49.2 Å². The van der Waals surface area contributed by atoms with E-state index in [1.54, 1.807) is 18.2 Å². The summed E-state index contributed by atoms with van der Waals surface area (Å²) >= 11 is 0. The third kappa shape index (κ3) is 3.63. The highest BCUT2D eigenvalue weighted by molar-refractivity contribution is 7.89. The van der Waals surface area contributed by atoms with E-state index in [0.29, 0.717) is 35.8 Å². The molecule has 2 aliphatic rings. The Labute approximate surface area is 157 Å². The van der Waals surface area contributed by atoms with Crippen LogP contribution in [0.4, 0.5) is 5.69 Å². The maximum absolute atomic E-state index is 12.7. The minimum Gasteiger partial charge on any atom is -0.454 e. The van der Waals surface area contributed by atoms with Crippen LogP contribution in [0.3, 0.4) is 0 Å². The van der Waals surface area contributed by atoms with Crippen LogP contribution in [0.5, 0.6) is 11.5 Å². The summed E-state index contributed by atoms with van der Waals surface area (Å²) in [5, 5.41) is 2.78. The van der Waals surface area contributed by atoms with Gasteiger partial charge in [-0.2, -0.15) is 4.31 Å². The quantitative estimate of drug-likeness (QED) is 0.871. The molecule has 2 aromatic rings. The molecule has 1 amide bonds. The number of nitrogens with one attached hydrogen (secondary N) is 1. The number of piperidine rings is 1. The van der Waals surface area contributed by atoms with Gasteiger partial charge in [0.25, 0.3) is 5.91 Å². The molecule has 0 saturated carbocycles. The van der Waals surface area contributed by atoms with Crippen LogP contribution in [0.25, 0.3) is 0 Å². The van der Waals surface area contributed by atoms with Crippen LogP contribution in [0.15, 0.2) is 47.4 Å². The van der Waals surface area contributed by atoms with Crippen LogP contribution >= 0.6 is 0 Å². The van der Waals surface area contributed by atoms with Crippen molar-refractivity contribution in [1.29, 1.82) is 0 Å². The molecule has 0 unspecified atom stereocenters. The van der Waals surface area contributed by atoms with Gasteiger partial charge in [-0.25, -0.2) is 8.42 Å². The number of anilines is 1. The summed E-state index contributed by atoms with van der Waals surface area (Å²) in [6.07, 6.45) is 2.83. The molecule has 8 heteroatoms. The van der Waals surface area contributed by atoms with Crippen LogP contribution < -0.4 is 14.8 Å². The second-order valence-corrected chi connectivity index (χ2v) is 8.45. The van der Waals surface area contributed by atoms with Gasteiger partial charge in [0.1, 0.15) is 0 Å². The number of hydrogen-bond donors (Lipinski definition) is 1. The molecule has 0 radical (unpaired) electrons. The average molecular weight is 388 g/mol. The lowest BCUT2D eigenvalue weighted by molar-refractivity contribution is 0.102. The number of fused-ring (bicyclic) bond motifs is 1. The van der Waals surface area contributed by atoms with Gasteiger partial charge < -0.3 is 14.8 Å². The van der Waals surface area contributed by atoms with E-state index >= 15 is 0 Å². The molecule has 0 atom stereocenters. The number of hydrogen-bond acceptors (Lipinski definition) is 5. The molecule has 7 nitrogen and oxygen atoms in total. The Morgan fingerprint density at radius 1 is 0.926 bits per heavy atom. The third-order valence-electron chi connectivity index (χ3n) is 4.70. The van der Waals surface area contributed by atoms with E-state index in [4.69, 9.17) is 9.47 Å². The SMILES string of the molecule is O=C(Nc1ccc2c(c1)OCO2)c1ccc(S(=O)(=O)N2CCCCC2)cc1. The molecule has 0 aromatic heterocycles. The summed E-state index contributed by atoms with van der Waals surface area (Å²) in [7, 11) is -3.50. The number of benzene rings is 2. The molecular weight excluding hydrogens is 368 g/mol. The second kappa shape index (κ2) is 7.21. The van der Waals surface area contributed by atoms with E-state index in [9.17, 15) is 13.2 Å². The summed E-state index contributed by atoms with van der Waals surface area (Å²) in [6, 6.07) is 11.2. The fourth-order valence-corrected chi connectivity index (χ4v) is 4.73. The Morgan fingerprint density at radius 3 is 2.37 bits per heavy atom. The van der Waals surface area contributed by atoms with E-state index in [1.807, 2.05) is 0 Å². The van der Waals surface area contributed by atoms with Crippen molar-refractivity contribution in [2.45, 2.75) is 24.2 Å². The number of carbonyl (C=O) groups excluding carboxylic acids is 1. The summed E-state index contributed by atoms with van der Waals surface area (Å²) in [6.45, 7) is 1.27. The highest BCUT2D eigenvalue weighted by Crippen LogP contribution is 2.34. The molecule has 2 aromatic carbocycles. The first-order chi connectivity index (χ1) is 13.0. The predicted octanol–water partition coefficient (Wildman–Crippen LogP) is 2.84. The second-order valence-electron chi connectivity index (χ2n) is 6.51. The van der Waals surface area contributed by atoms with Crippen molar-refractivity contribution in [1.82, 2.24) is 4.31 Å². The van der Waals surface area contributed by atoms with E-state index in [-0.39, 0.29) is 17.6 Å². The Hall–Kier alpha value is -2.58. The minimum absolute atomic E-state index is 0.166. The zero-order valence-corrected chi connectivity index (χ0v) is 15.5. The van der Waals surface area contributed by atoms with Gasteiger partial charge in [-0.3, -0.25) is 4.79 Å². The molecule has 0 bridgehead atoms. The smallest absolute Gasteiger partial charge is 0.255 e. The van der Waals surface area contributed by atoms with Crippen molar-refractivity contribution in [3.8, 4) is 11.5 Å². The fraction of sp³-hybridized carbons (Fsp3) is 0.316. The van der Waals surface area contributed by atoms with E-state index in [0.717, 1.165) is 19.3 Å². The molecule has 4 rings (SSSR count). The number of carbonyl (C=O) groups is 1. The molecular formula is C19H20N2O5S. The first kappa shape index (κ1) is 17.8. The van der Waals surface area contributed by atoms with Gasteiger partial charge >= 0.3 is 0 Å². The molecule has 27 heavy (non-hydrogen) atoms. The summed E-state index contributed by atoms with van der Waals surface area (Å²) in [5.74, 6) is 0.895. The average Bonchev–Trinajstić information content (AvgIpc) is 3.16. The molecule has 1 N–H and O–H groups in total. The number of sulfonamides is 1. The zero-order valence-electron chi connectivity index (χ0n) is 14.7. The third-order valence-corrected chi connectivity index (χ3v) is 6.61. The van der Waals surface area contributed by atoms with Crippen molar-refractivity contribution in [2.24, 2.45) is 0 Å². The van der Waals surface area contributed by atoms with Gasteiger partial charge in [0.2, 0.25) is 16.8 Å². The maximum Gasteiger partial charge on any atom is 0.255 e. The van der Waals surface area contributed by atoms with Crippen molar-refractivity contribution >= 4 is 21.6 Å². The first-order valence-corrected chi connectivity index (χ1v) is 10.3. The van der Waals surface area contributed by atoms with E-state index in [2.05, 4.69) is 5.32 Å². The molecule has 1 fully saturated rings. The fourth-order valence-electron chi connectivity index (χ4n) is 3.21. The highest BCUT2D eigenvalue weighted by atomic mass is 32.2. The van der Waals surface area contributed by atoms with Gasteiger partial charge in [0.05, 0.1) is 4.90 Å². The van der Waals surface area contributed by atoms with Crippen LogP contribution in [0.1, 0.15) is 29.6 Å². The Kier molecular flexibility index (Phi) is 4.75. The normalized spacial score (nSPS) is 16.9. The van der Waals surface area contributed by atoms with Crippen molar-refractivity contribution in [3.63, 3.8) is 0 Å². The van der Waals surface area contributed by atoms with Crippen LogP contribution in [-0.2, 0) is 10.0 Å². The number of rotatable bonds is 4. The minimum atomic E-state index is -3.50. The topological polar surface area (TPSA) is 84.9 Å². The zero-order chi connectivity index (χ0) is 18.9. The summed E-state index contributed by atoms with van der Waals surface area (Å²) < 4.78 is 37.4. The van der Waals surface area contributed by atoms with Gasteiger partial charge in [-0.1, -0.05) is 6.42 Å². The van der Waals surface area contributed by atoms with E-state index in [1.165, 1.54) is 28.6 Å². The van der Waals surface area contributed by atoms with Gasteiger partial charge in [0.15, 0.2) is 11.5 Å². The van der Waals surface area contributed by atoms with Crippen LogP contribution in [0, 0.1) is 0 Å². The lowest BCUT2D eigenvalue weighted by Crippen LogP contribution is -2.35. The maximum atomic E-state index is 12.7. The largest absolute Gasteiger partial charge is 0.454 e. The Balaban J connectivity index is 1.47. The van der Waals surface area contributed by atoms with Crippen molar-refractivity contribution in [3.05, 3.63) is 48.0 Å². The van der Waals surface area contributed by atoms with Gasteiger partial charge in [0, 0.05) is 30.4 Å². The van der Waals surface area contributed by atoms with Crippen molar-refractivity contribution in [2.75, 3.05) is 25.2 Å². The van der Waals surface area contributed by atoms with E-state index < -0.39 is 10.0 Å². The van der Waals surface area contributed by atoms with Crippen LogP contribution in [-0.4, -0.2) is 38.5 Å². The summed E-state index contributed by atoms with van der Waals surface area (Å²) in [5.41, 5.74) is 0.958. The Bertz CT molecular complexity index is 951. The molecule has 0 aliphatic carbocycles. The lowest BCUT2D eigenvalue weighted by Gasteiger charge is -2.25. The standard InChI is InChI=1S/C19H20N2O5S/c22-19(20-15-6-9-17-18(12-15)26-13-25-17)14-4-7-16(8-5-14)27(23,24)21-10-2-1-3-11-21/h4-9,12H,1-3,10-11,13H2,(H,20,22). The molecule has 142 valence electrons. The number of nitrogens with zero attached hydrogens (tertiary/aromatic N) is 1. The van der Waals surface area contributed by atoms with Gasteiger partial charge in [-0.15, -0.1) is 0 Å². The molecule has 1 saturated heterocycles. The molecule has 2 heterocycles. The molecule has 2 aliphatic heterocycles. The number of ether oxygens (including phenoxy) is 2. The first-order valence-electron chi connectivity index (χ1n) is 8.85. The predicted molar refractivity (Wildman–Crippen MR) is 99.6 cm³/mol. The lowest BCUT2D eigenvalue weighted by atomic mass is 10.2. The summed E-state index contributed by atoms with van der Waals surface area (Å²) in [4.78, 5) is 12.6. The monoisotopic (exact) mass is 388 g/mol. The highest BCUT2D eigenvalue weighted by Gasteiger charge is 2.26. The van der Waals surface area contributed by atoms with Crippen LogP contribution in [0.2, 0.25) is 0 Å². The molecule has 0 spiro atoms. The number of amides is 1. The van der Waals surface area contributed by atoms with Crippen molar-refractivity contribution < 1.29 is 22.7 Å².